The Kier molecular flexibility index (Phi) is 6.84. The topological polar surface area (TPSA) is 83.5 Å². The molecule has 0 aromatic heterocycles. The molecule has 31 heavy (non-hydrogen) atoms. The first-order valence-corrected chi connectivity index (χ1v) is 9.54. The maximum absolute atomic E-state index is 14.0. The second-order valence-corrected chi connectivity index (χ2v) is 6.78. The van der Waals surface area contributed by atoms with E-state index in [4.69, 9.17) is 23.7 Å². The largest absolute Gasteiger partial charge is 0.493 e. The van der Waals surface area contributed by atoms with Crippen molar-refractivity contribution in [2.45, 2.75) is 18.6 Å². The first-order valence-electron chi connectivity index (χ1n) is 9.54. The van der Waals surface area contributed by atoms with E-state index < -0.39 is 29.8 Å². The SMILES string of the molecule is COC(=O)[C@H]1C[C@H](Oc2ccccc2F)CN1C(=O)c1ccc(OC)c(OC)c1OC. The van der Waals surface area contributed by atoms with E-state index >= 15 is 0 Å². The van der Waals surface area contributed by atoms with Gasteiger partial charge in [0.1, 0.15) is 12.1 Å². The number of benzene rings is 2. The van der Waals surface area contributed by atoms with Crippen LogP contribution in [0.25, 0.3) is 0 Å². The molecule has 1 saturated heterocycles. The van der Waals surface area contributed by atoms with Gasteiger partial charge in [0, 0.05) is 6.42 Å². The highest BCUT2D eigenvalue weighted by atomic mass is 19.1. The van der Waals surface area contributed by atoms with Crippen LogP contribution < -0.4 is 18.9 Å². The third-order valence-corrected chi connectivity index (χ3v) is 5.06. The Morgan fingerprint density at radius 3 is 2.26 bits per heavy atom. The second kappa shape index (κ2) is 9.55. The molecular weight excluding hydrogens is 409 g/mol. The van der Waals surface area contributed by atoms with E-state index in [9.17, 15) is 14.0 Å². The van der Waals surface area contributed by atoms with Crippen molar-refractivity contribution in [1.29, 1.82) is 0 Å². The summed E-state index contributed by atoms with van der Waals surface area (Å²) >= 11 is 0. The van der Waals surface area contributed by atoms with E-state index in [2.05, 4.69) is 0 Å². The van der Waals surface area contributed by atoms with Crippen molar-refractivity contribution in [3.05, 3.63) is 47.8 Å². The zero-order valence-electron chi connectivity index (χ0n) is 17.7. The molecule has 1 fully saturated rings. The Labute approximate surface area is 179 Å². The Morgan fingerprint density at radius 1 is 0.935 bits per heavy atom. The molecule has 166 valence electrons. The number of nitrogens with zero attached hydrogens (tertiary/aromatic N) is 1. The fourth-order valence-corrected chi connectivity index (χ4v) is 3.61. The number of carbonyl (C=O) groups is 2. The van der Waals surface area contributed by atoms with Crippen LogP contribution in [0.15, 0.2) is 36.4 Å². The molecule has 0 saturated carbocycles. The number of hydrogen-bond donors (Lipinski definition) is 0. The standard InChI is InChI=1S/C22H24FNO7/c1-27-18-10-9-14(19(28-2)20(18)29-3)21(25)24-12-13(11-16(24)22(26)30-4)31-17-8-6-5-7-15(17)23/h5-10,13,16H,11-12H2,1-4H3/t13-,16+/m0/s1. The van der Waals surface area contributed by atoms with Crippen LogP contribution in [0.3, 0.4) is 0 Å². The summed E-state index contributed by atoms with van der Waals surface area (Å²) in [5.41, 5.74) is 0.181. The molecule has 0 bridgehead atoms. The molecule has 1 amide bonds. The average Bonchev–Trinajstić information content (AvgIpc) is 3.22. The summed E-state index contributed by atoms with van der Waals surface area (Å²) in [6.07, 6.45) is -0.446. The molecular formula is C22H24FNO7. The minimum absolute atomic E-state index is 0.0501. The summed E-state index contributed by atoms with van der Waals surface area (Å²) in [7, 11) is 5.55. The Bertz CT molecular complexity index is 965. The van der Waals surface area contributed by atoms with Gasteiger partial charge in [-0.3, -0.25) is 4.79 Å². The minimum atomic E-state index is -0.896. The number of methoxy groups -OCH3 is 4. The van der Waals surface area contributed by atoms with Crippen LogP contribution in [-0.2, 0) is 9.53 Å². The van der Waals surface area contributed by atoms with Crippen molar-refractivity contribution in [3.63, 3.8) is 0 Å². The maximum Gasteiger partial charge on any atom is 0.328 e. The van der Waals surface area contributed by atoms with E-state index in [0.29, 0.717) is 5.75 Å². The van der Waals surface area contributed by atoms with Crippen molar-refractivity contribution in [2.75, 3.05) is 35.0 Å². The number of rotatable bonds is 7. The lowest BCUT2D eigenvalue weighted by atomic mass is 10.1. The van der Waals surface area contributed by atoms with Gasteiger partial charge >= 0.3 is 5.97 Å². The highest BCUT2D eigenvalue weighted by Gasteiger charge is 2.43. The van der Waals surface area contributed by atoms with Crippen molar-refractivity contribution in [2.24, 2.45) is 0 Å². The van der Waals surface area contributed by atoms with Crippen molar-refractivity contribution in [3.8, 4) is 23.0 Å². The number of ether oxygens (including phenoxy) is 5. The van der Waals surface area contributed by atoms with Gasteiger partial charge in [0.2, 0.25) is 5.75 Å². The lowest BCUT2D eigenvalue weighted by molar-refractivity contribution is -0.145. The van der Waals surface area contributed by atoms with Gasteiger partial charge in [-0.25, -0.2) is 9.18 Å². The molecule has 9 heteroatoms. The van der Waals surface area contributed by atoms with E-state index in [-0.39, 0.29) is 35.8 Å². The minimum Gasteiger partial charge on any atom is -0.493 e. The molecule has 0 spiro atoms. The fraction of sp³-hybridized carbons (Fsp3) is 0.364. The van der Waals surface area contributed by atoms with Crippen molar-refractivity contribution in [1.82, 2.24) is 4.90 Å². The average molecular weight is 433 g/mol. The van der Waals surface area contributed by atoms with E-state index in [1.165, 1.54) is 51.5 Å². The summed E-state index contributed by atoms with van der Waals surface area (Å²) < 4.78 is 40.6. The molecule has 8 nitrogen and oxygen atoms in total. The van der Waals surface area contributed by atoms with Gasteiger partial charge in [-0.15, -0.1) is 0 Å². The number of amides is 1. The highest BCUT2D eigenvalue weighted by Crippen LogP contribution is 2.41. The van der Waals surface area contributed by atoms with Gasteiger partial charge in [0.05, 0.1) is 40.5 Å². The van der Waals surface area contributed by atoms with E-state index in [1.807, 2.05) is 0 Å². The molecule has 1 aliphatic heterocycles. The summed E-state index contributed by atoms with van der Waals surface area (Å²) in [6.45, 7) is 0.0600. The molecule has 0 radical (unpaired) electrons. The zero-order chi connectivity index (χ0) is 22.5. The maximum atomic E-state index is 14.0. The molecule has 0 aliphatic carbocycles. The zero-order valence-corrected chi connectivity index (χ0v) is 17.7. The van der Waals surface area contributed by atoms with Crippen molar-refractivity contribution < 1.29 is 37.7 Å². The predicted octanol–water partition coefficient (Wildman–Crippen LogP) is 2.69. The fourth-order valence-electron chi connectivity index (χ4n) is 3.61. The number of esters is 1. The summed E-state index contributed by atoms with van der Waals surface area (Å²) in [5, 5.41) is 0. The second-order valence-electron chi connectivity index (χ2n) is 6.78. The monoisotopic (exact) mass is 433 g/mol. The molecule has 2 aromatic carbocycles. The van der Waals surface area contributed by atoms with Gasteiger partial charge in [0.25, 0.3) is 5.91 Å². The van der Waals surface area contributed by atoms with Crippen LogP contribution in [-0.4, -0.2) is 63.9 Å². The number of halogens is 1. The molecule has 0 unspecified atom stereocenters. The molecule has 1 aliphatic rings. The van der Waals surface area contributed by atoms with Crippen LogP contribution in [0, 0.1) is 5.82 Å². The Morgan fingerprint density at radius 2 is 1.65 bits per heavy atom. The number of hydrogen-bond acceptors (Lipinski definition) is 7. The van der Waals surface area contributed by atoms with Gasteiger partial charge in [-0.2, -0.15) is 0 Å². The number of carbonyl (C=O) groups excluding carboxylic acids is 2. The van der Waals surface area contributed by atoms with E-state index in [1.54, 1.807) is 18.2 Å². The first kappa shape index (κ1) is 22.2. The van der Waals surface area contributed by atoms with Gasteiger partial charge in [-0.1, -0.05) is 12.1 Å². The normalized spacial score (nSPS) is 17.8. The molecule has 3 rings (SSSR count). The number of para-hydroxylation sites is 1. The lowest BCUT2D eigenvalue weighted by Gasteiger charge is -2.24. The highest BCUT2D eigenvalue weighted by molar-refractivity contribution is 6.00. The quantitative estimate of drug-likeness (QED) is 0.621. The first-order chi connectivity index (χ1) is 14.9. The summed E-state index contributed by atoms with van der Waals surface area (Å²) in [6, 6.07) is 8.17. The molecule has 1 heterocycles. The van der Waals surface area contributed by atoms with Gasteiger partial charge in [0.15, 0.2) is 23.1 Å². The molecule has 0 N–H and O–H groups in total. The third-order valence-electron chi connectivity index (χ3n) is 5.06. The molecule has 2 aromatic rings. The van der Waals surface area contributed by atoms with Gasteiger partial charge < -0.3 is 28.6 Å². The number of likely N-dealkylation sites (tertiary alicyclic amines) is 1. The summed E-state index contributed by atoms with van der Waals surface area (Å²) in [4.78, 5) is 27.1. The smallest absolute Gasteiger partial charge is 0.328 e. The van der Waals surface area contributed by atoms with E-state index in [0.717, 1.165) is 0 Å². The van der Waals surface area contributed by atoms with Gasteiger partial charge in [-0.05, 0) is 24.3 Å². The van der Waals surface area contributed by atoms with Crippen LogP contribution >= 0.6 is 0 Å². The van der Waals surface area contributed by atoms with Crippen LogP contribution in [0.1, 0.15) is 16.8 Å². The summed E-state index contributed by atoms with van der Waals surface area (Å²) in [5.74, 6) is -0.724. The molecule has 2 atom stereocenters. The van der Waals surface area contributed by atoms with Crippen LogP contribution in [0.4, 0.5) is 4.39 Å². The Balaban J connectivity index is 1.93. The van der Waals surface area contributed by atoms with Crippen LogP contribution in [0.5, 0.6) is 23.0 Å². The predicted molar refractivity (Wildman–Crippen MR) is 108 cm³/mol. The Hall–Kier alpha value is -3.49. The van der Waals surface area contributed by atoms with Crippen LogP contribution in [0.2, 0.25) is 0 Å². The lowest BCUT2D eigenvalue weighted by Crippen LogP contribution is -2.41. The van der Waals surface area contributed by atoms with Crippen molar-refractivity contribution >= 4 is 11.9 Å². The third kappa shape index (κ3) is 4.35.